The summed E-state index contributed by atoms with van der Waals surface area (Å²) in [4.78, 5) is 28.7. The van der Waals surface area contributed by atoms with Crippen LogP contribution in [-0.2, 0) is 9.59 Å². The fourth-order valence-corrected chi connectivity index (χ4v) is 1.81. The summed E-state index contributed by atoms with van der Waals surface area (Å²) >= 11 is 0. The summed E-state index contributed by atoms with van der Waals surface area (Å²) in [6.07, 6.45) is 0.641. The molecular formula is C17H14N2O4. The van der Waals surface area contributed by atoms with Crippen molar-refractivity contribution in [1.82, 2.24) is 9.97 Å². The van der Waals surface area contributed by atoms with Crippen molar-refractivity contribution < 1.29 is 19.8 Å². The standard InChI is InChI=1S/C12H8N2.C5H6O4/c1-2-6-10-9(5-1)13-11-7-3-4-8-12(11)14-10;1-3(5(8)9)2-4(6)7/h1-8H;2H,1H3,(H,6,7)(H,8,9)/b;3-2+. The van der Waals surface area contributed by atoms with Gasteiger partial charge in [0.15, 0.2) is 0 Å². The van der Waals surface area contributed by atoms with E-state index >= 15 is 0 Å². The van der Waals surface area contributed by atoms with Crippen LogP contribution in [-0.4, -0.2) is 32.1 Å². The number of hydrogen-bond acceptors (Lipinski definition) is 4. The van der Waals surface area contributed by atoms with E-state index < -0.39 is 11.9 Å². The van der Waals surface area contributed by atoms with Gasteiger partial charge in [0.1, 0.15) is 0 Å². The van der Waals surface area contributed by atoms with Crippen molar-refractivity contribution in [3.05, 3.63) is 60.2 Å². The topological polar surface area (TPSA) is 100 Å². The van der Waals surface area contributed by atoms with Crippen LogP contribution in [0.3, 0.4) is 0 Å². The first-order valence-electron chi connectivity index (χ1n) is 6.73. The van der Waals surface area contributed by atoms with E-state index in [0.717, 1.165) is 22.1 Å². The van der Waals surface area contributed by atoms with E-state index in [1.54, 1.807) is 0 Å². The lowest BCUT2D eigenvalue weighted by Gasteiger charge is -1.98. The largest absolute Gasteiger partial charge is 0.478 e. The molecule has 0 aliphatic carbocycles. The smallest absolute Gasteiger partial charge is 0.331 e. The third-order valence-electron chi connectivity index (χ3n) is 2.92. The minimum atomic E-state index is -1.24. The number of fused-ring (bicyclic) bond motifs is 2. The lowest BCUT2D eigenvalue weighted by Crippen LogP contribution is -1.99. The van der Waals surface area contributed by atoms with Crippen molar-refractivity contribution in [1.29, 1.82) is 0 Å². The first-order chi connectivity index (χ1) is 11.0. The Kier molecular flexibility index (Phi) is 4.99. The maximum absolute atomic E-state index is 9.90. The summed E-state index contributed by atoms with van der Waals surface area (Å²) in [6.45, 7) is 1.22. The zero-order valence-corrected chi connectivity index (χ0v) is 12.3. The van der Waals surface area contributed by atoms with Crippen LogP contribution >= 0.6 is 0 Å². The van der Waals surface area contributed by atoms with Crippen molar-refractivity contribution in [2.24, 2.45) is 0 Å². The highest BCUT2D eigenvalue weighted by Crippen LogP contribution is 2.14. The molecule has 0 spiro atoms. The summed E-state index contributed by atoms with van der Waals surface area (Å²) < 4.78 is 0. The molecule has 6 nitrogen and oxygen atoms in total. The Morgan fingerprint density at radius 3 is 1.39 bits per heavy atom. The molecule has 3 aromatic rings. The summed E-state index contributed by atoms with van der Waals surface area (Å²) in [5.41, 5.74) is 3.62. The molecule has 0 unspecified atom stereocenters. The molecule has 0 aliphatic heterocycles. The molecule has 0 atom stereocenters. The van der Waals surface area contributed by atoms with Crippen LogP contribution in [0.1, 0.15) is 6.92 Å². The number of para-hydroxylation sites is 4. The van der Waals surface area contributed by atoms with Gasteiger partial charge in [0.05, 0.1) is 22.1 Å². The second-order valence-electron chi connectivity index (χ2n) is 4.67. The Bertz CT molecular complexity index is 798. The van der Waals surface area contributed by atoms with Crippen LogP contribution in [0.5, 0.6) is 0 Å². The predicted octanol–water partition coefficient (Wildman–Crippen LogP) is 2.88. The van der Waals surface area contributed by atoms with E-state index in [-0.39, 0.29) is 5.57 Å². The van der Waals surface area contributed by atoms with E-state index in [4.69, 9.17) is 10.2 Å². The lowest BCUT2D eigenvalue weighted by atomic mass is 10.2. The number of benzene rings is 2. The van der Waals surface area contributed by atoms with Gasteiger partial charge in [-0.15, -0.1) is 0 Å². The molecule has 1 aromatic heterocycles. The van der Waals surface area contributed by atoms with Gasteiger partial charge in [-0.05, 0) is 31.2 Å². The number of aliphatic carboxylic acids is 2. The lowest BCUT2D eigenvalue weighted by molar-refractivity contribution is -0.135. The second kappa shape index (κ2) is 7.13. The third-order valence-corrected chi connectivity index (χ3v) is 2.92. The van der Waals surface area contributed by atoms with Gasteiger partial charge in [0.25, 0.3) is 0 Å². The van der Waals surface area contributed by atoms with Gasteiger partial charge in [0.2, 0.25) is 0 Å². The number of rotatable bonds is 2. The normalized spacial score (nSPS) is 10.9. The highest BCUT2D eigenvalue weighted by Gasteiger charge is 2.00. The Hall–Kier alpha value is -3.28. The molecule has 116 valence electrons. The molecule has 23 heavy (non-hydrogen) atoms. The van der Waals surface area contributed by atoms with Gasteiger partial charge in [-0.2, -0.15) is 0 Å². The minimum Gasteiger partial charge on any atom is -0.478 e. The van der Waals surface area contributed by atoms with Gasteiger partial charge in [-0.3, -0.25) is 0 Å². The van der Waals surface area contributed by atoms with Crippen LogP contribution in [0.2, 0.25) is 0 Å². The van der Waals surface area contributed by atoms with Crippen LogP contribution < -0.4 is 0 Å². The molecule has 0 amide bonds. The third kappa shape index (κ3) is 4.34. The Balaban J connectivity index is 0.000000188. The number of carboxylic acids is 2. The van der Waals surface area contributed by atoms with Crippen molar-refractivity contribution in [2.75, 3.05) is 0 Å². The maximum Gasteiger partial charge on any atom is 0.331 e. The summed E-state index contributed by atoms with van der Waals surface area (Å²) in [5, 5.41) is 16.1. The van der Waals surface area contributed by atoms with Crippen molar-refractivity contribution in [3.8, 4) is 0 Å². The van der Waals surface area contributed by atoms with Crippen molar-refractivity contribution in [3.63, 3.8) is 0 Å². The Morgan fingerprint density at radius 1 is 0.826 bits per heavy atom. The second-order valence-corrected chi connectivity index (χ2v) is 4.67. The van der Waals surface area contributed by atoms with Crippen molar-refractivity contribution >= 4 is 34.0 Å². The minimum absolute atomic E-state index is 0.178. The summed E-state index contributed by atoms with van der Waals surface area (Å²) in [6, 6.07) is 15.8. The number of nitrogens with zero attached hydrogens (tertiary/aromatic N) is 2. The maximum atomic E-state index is 9.90. The average Bonchev–Trinajstić information content (AvgIpc) is 2.52. The molecule has 2 aromatic carbocycles. The predicted molar refractivity (Wildman–Crippen MR) is 86.1 cm³/mol. The molecule has 0 saturated carbocycles. The Morgan fingerprint density at radius 2 is 1.17 bits per heavy atom. The summed E-state index contributed by atoms with van der Waals surface area (Å²) in [5.74, 6) is -2.45. The van der Waals surface area contributed by atoms with Gasteiger partial charge in [-0.25, -0.2) is 19.6 Å². The van der Waals surface area contributed by atoms with E-state index in [0.29, 0.717) is 6.08 Å². The Labute approximate surface area is 131 Å². The van der Waals surface area contributed by atoms with E-state index in [1.165, 1.54) is 6.92 Å². The quantitative estimate of drug-likeness (QED) is 0.557. The SMILES string of the molecule is C/C(=C\C(=O)O)C(=O)O.c1ccc2nc3ccccc3nc2c1. The molecule has 0 fully saturated rings. The molecular weight excluding hydrogens is 296 g/mol. The van der Waals surface area contributed by atoms with Gasteiger partial charge in [-0.1, -0.05) is 24.3 Å². The van der Waals surface area contributed by atoms with E-state index in [1.807, 2.05) is 48.5 Å². The molecule has 0 bridgehead atoms. The zero-order chi connectivity index (χ0) is 16.8. The highest BCUT2D eigenvalue weighted by atomic mass is 16.4. The van der Waals surface area contributed by atoms with Gasteiger partial charge in [0, 0.05) is 11.6 Å². The molecule has 0 radical (unpaired) electrons. The molecule has 0 aliphatic rings. The van der Waals surface area contributed by atoms with E-state index in [2.05, 4.69) is 9.97 Å². The molecule has 1 heterocycles. The fourth-order valence-electron chi connectivity index (χ4n) is 1.81. The molecule has 2 N–H and O–H groups in total. The molecule has 0 saturated heterocycles. The fraction of sp³-hybridized carbons (Fsp3) is 0.0588. The van der Waals surface area contributed by atoms with Gasteiger partial charge >= 0.3 is 11.9 Å². The van der Waals surface area contributed by atoms with E-state index in [9.17, 15) is 9.59 Å². The number of aromatic nitrogens is 2. The van der Waals surface area contributed by atoms with Crippen LogP contribution in [0, 0.1) is 0 Å². The highest BCUT2D eigenvalue weighted by molar-refractivity contribution is 5.94. The zero-order valence-electron chi connectivity index (χ0n) is 12.3. The number of carboxylic acid groups (broad SMARTS) is 2. The first kappa shape index (κ1) is 16.1. The van der Waals surface area contributed by atoms with Crippen LogP contribution in [0.4, 0.5) is 0 Å². The first-order valence-corrected chi connectivity index (χ1v) is 6.73. The summed E-state index contributed by atoms with van der Waals surface area (Å²) in [7, 11) is 0. The monoisotopic (exact) mass is 310 g/mol. The number of carbonyl (C=O) groups is 2. The molecule has 3 rings (SSSR count). The number of hydrogen-bond donors (Lipinski definition) is 2. The van der Waals surface area contributed by atoms with Crippen LogP contribution in [0.25, 0.3) is 22.1 Å². The van der Waals surface area contributed by atoms with Crippen molar-refractivity contribution in [2.45, 2.75) is 6.92 Å². The molecule has 6 heteroatoms. The van der Waals surface area contributed by atoms with Gasteiger partial charge < -0.3 is 10.2 Å². The average molecular weight is 310 g/mol. The van der Waals surface area contributed by atoms with Crippen LogP contribution in [0.15, 0.2) is 60.2 Å².